The molecule has 0 N–H and O–H groups in total. The molecule has 1 fully saturated rings. The van der Waals surface area contributed by atoms with Gasteiger partial charge in [0.15, 0.2) is 0 Å². The average molecular weight is 384 g/mol. The molecular formula is C23H45NO3. The molecule has 0 saturated carbocycles. The minimum absolute atomic E-state index is 0.0952. The van der Waals surface area contributed by atoms with Gasteiger partial charge in [-0.15, -0.1) is 0 Å². The highest BCUT2D eigenvalue weighted by atomic mass is 16.5. The lowest BCUT2D eigenvalue weighted by atomic mass is 10.1. The van der Waals surface area contributed by atoms with Crippen molar-refractivity contribution in [3.05, 3.63) is 0 Å². The molecule has 1 aliphatic heterocycles. The zero-order valence-electron chi connectivity index (χ0n) is 18.3. The van der Waals surface area contributed by atoms with E-state index in [1.54, 1.807) is 0 Å². The molecule has 27 heavy (non-hydrogen) atoms. The van der Waals surface area contributed by atoms with Crippen molar-refractivity contribution in [2.45, 2.75) is 116 Å². The minimum atomic E-state index is 0.0952. The van der Waals surface area contributed by atoms with Crippen LogP contribution in [-0.4, -0.2) is 49.3 Å². The van der Waals surface area contributed by atoms with Gasteiger partial charge in [0, 0.05) is 19.6 Å². The zero-order valence-corrected chi connectivity index (χ0v) is 18.3. The third kappa shape index (κ3) is 12.5. The van der Waals surface area contributed by atoms with E-state index in [-0.39, 0.29) is 18.1 Å². The van der Waals surface area contributed by atoms with Crippen molar-refractivity contribution in [3.63, 3.8) is 0 Å². The van der Waals surface area contributed by atoms with E-state index in [9.17, 15) is 4.79 Å². The Morgan fingerprint density at radius 2 is 1.48 bits per heavy atom. The molecule has 0 bridgehead atoms. The standard InChI is InChI=1S/C23H45NO3/c1-4-5-6-7-8-9-10-11-12-13-14-18-26-20-22(3)27-19-21(2)24-17-15-16-23(24)25/h21-22H,4-20H2,1-3H3. The van der Waals surface area contributed by atoms with E-state index < -0.39 is 0 Å². The number of hydrogen-bond donors (Lipinski definition) is 0. The van der Waals surface area contributed by atoms with Gasteiger partial charge in [0.2, 0.25) is 5.91 Å². The molecule has 0 aromatic heterocycles. The summed E-state index contributed by atoms with van der Waals surface area (Å²) in [6, 6.07) is 0.175. The highest BCUT2D eigenvalue weighted by Crippen LogP contribution is 2.14. The molecule has 0 aromatic carbocycles. The first kappa shape index (κ1) is 24.4. The molecule has 0 aromatic rings. The fraction of sp³-hybridized carbons (Fsp3) is 0.957. The molecule has 160 valence electrons. The SMILES string of the molecule is CCCCCCCCCCCCCOCC(C)OCC(C)N1CCCC1=O. The number of amides is 1. The predicted molar refractivity (Wildman–Crippen MR) is 113 cm³/mol. The Kier molecular flexibility index (Phi) is 14.8. The predicted octanol–water partition coefficient (Wildman–Crippen LogP) is 5.73. The van der Waals surface area contributed by atoms with Crippen LogP contribution in [0.2, 0.25) is 0 Å². The molecule has 4 heteroatoms. The topological polar surface area (TPSA) is 38.8 Å². The van der Waals surface area contributed by atoms with Crippen LogP contribution in [-0.2, 0) is 14.3 Å². The van der Waals surface area contributed by atoms with Gasteiger partial charge >= 0.3 is 0 Å². The van der Waals surface area contributed by atoms with Crippen molar-refractivity contribution >= 4 is 5.91 Å². The van der Waals surface area contributed by atoms with Gasteiger partial charge in [-0.05, 0) is 26.7 Å². The summed E-state index contributed by atoms with van der Waals surface area (Å²) in [4.78, 5) is 13.7. The highest BCUT2D eigenvalue weighted by molar-refractivity contribution is 5.78. The summed E-state index contributed by atoms with van der Waals surface area (Å²) in [6.45, 7) is 9.38. The van der Waals surface area contributed by atoms with E-state index in [0.717, 1.165) is 26.0 Å². The summed E-state index contributed by atoms with van der Waals surface area (Å²) in [5.74, 6) is 0.270. The molecule has 2 atom stereocenters. The summed E-state index contributed by atoms with van der Waals surface area (Å²) >= 11 is 0. The number of hydrogen-bond acceptors (Lipinski definition) is 3. The molecule has 4 nitrogen and oxygen atoms in total. The van der Waals surface area contributed by atoms with E-state index in [4.69, 9.17) is 9.47 Å². The van der Waals surface area contributed by atoms with Crippen LogP contribution in [0.3, 0.4) is 0 Å². The summed E-state index contributed by atoms with van der Waals surface area (Å²) < 4.78 is 11.6. The average Bonchev–Trinajstić information content (AvgIpc) is 3.09. The van der Waals surface area contributed by atoms with Gasteiger partial charge < -0.3 is 14.4 Å². The van der Waals surface area contributed by atoms with Crippen LogP contribution in [0, 0.1) is 0 Å². The van der Waals surface area contributed by atoms with Crippen LogP contribution >= 0.6 is 0 Å². The lowest BCUT2D eigenvalue weighted by Gasteiger charge is -2.25. The normalized spacial score (nSPS) is 16.9. The van der Waals surface area contributed by atoms with Gasteiger partial charge in [-0.2, -0.15) is 0 Å². The van der Waals surface area contributed by atoms with Crippen LogP contribution < -0.4 is 0 Å². The van der Waals surface area contributed by atoms with Gasteiger partial charge in [-0.1, -0.05) is 71.1 Å². The Balaban J connectivity index is 1.83. The number of nitrogens with zero attached hydrogens (tertiary/aromatic N) is 1. The van der Waals surface area contributed by atoms with Crippen LogP contribution in [0.15, 0.2) is 0 Å². The second kappa shape index (κ2) is 16.4. The third-order valence-corrected chi connectivity index (χ3v) is 5.51. The number of likely N-dealkylation sites (tertiary alicyclic amines) is 1. The number of carbonyl (C=O) groups is 1. The van der Waals surface area contributed by atoms with Crippen molar-refractivity contribution in [2.75, 3.05) is 26.4 Å². The molecule has 0 spiro atoms. The Morgan fingerprint density at radius 3 is 2.04 bits per heavy atom. The Morgan fingerprint density at radius 1 is 0.889 bits per heavy atom. The Bertz CT molecular complexity index is 362. The Labute approximate surface area is 168 Å². The second-order valence-electron chi connectivity index (χ2n) is 8.29. The van der Waals surface area contributed by atoms with Gasteiger partial charge in [-0.3, -0.25) is 4.79 Å². The number of rotatable bonds is 18. The molecule has 2 unspecified atom stereocenters. The highest BCUT2D eigenvalue weighted by Gasteiger charge is 2.25. The summed E-state index contributed by atoms with van der Waals surface area (Å²) in [5.41, 5.74) is 0. The van der Waals surface area contributed by atoms with E-state index in [1.165, 1.54) is 64.2 Å². The zero-order chi connectivity index (χ0) is 19.7. The van der Waals surface area contributed by atoms with Gasteiger partial charge in [0.1, 0.15) is 0 Å². The maximum atomic E-state index is 11.7. The molecule has 0 radical (unpaired) electrons. The van der Waals surface area contributed by atoms with Crippen LogP contribution in [0.5, 0.6) is 0 Å². The molecule has 1 heterocycles. The van der Waals surface area contributed by atoms with Crippen molar-refractivity contribution in [1.29, 1.82) is 0 Å². The molecule has 0 aliphatic carbocycles. The molecule has 1 amide bonds. The molecule has 1 aliphatic rings. The number of ether oxygens (including phenoxy) is 2. The van der Waals surface area contributed by atoms with Crippen molar-refractivity contribution < 1.29 is 14.3 Å². The minimum Gasteiger partial charge on any atom is -0.379 e. The van der Waals surface area contributed by atoms with Gasteiger partial charge in [0.25, 0.3) is 0 Å². The number of carbonyl (C=O) groups excluding carboxylic acids is 1. The molecule has 1 rings (SSSR count). The van der Waals surface area contributed by atoms with E-state index in [1.807, 2.05) is 4.90 Å². The van der Waals surface area contributed by atoms with Crippen LogP contribution in [0.4, 0.5) is 0 Å². The lowest BCUT2D eigenvalue weighted by molar-refractivity contribution is -0.131. The smallest absolute Gasteiger partial charge is 0.222 e. The quantitative estimate of drug-likeness (QED) is 0.284. The summed E-state index contributed by atoms with van der Waals surface area (Å²) in [5, 5.41) is 0. The summed E-state index contributed by atoms with van der Waals surface area (Å²) in [6.07, 6.45) is 16.7. The Hall–Kier alpha value is -0.610. The monoisotopic (exact) mass is 383 g/mol. The van der Waals surface area contributed by atoms with Crippen LogP contribution in [0.25, 0.3) is 0 Å². The first-order valence-electron chi connectivity index (χ1n) is 11.6. The van der Waals surface area contributed by atoms with E-state index in [0.29, 0.717) is 19.6 Å². The van der Waals surface area contributed by atoms with Crippen molar-refractivity contribution in [2.24, 2.45) is 0 Å². The summed E-state index contributed by atoms with van der Waals surface area (Å²) in [7, 11) is 0. The number of unbranched alkanes of at least 4 members (excludes halogenated alkanes) is 10. The molecular weight excluding hydrogens is 338 g/mol. The van der Waals surface area contributed by atoms with Gasteiger partial charge in [0.05, 0.1) is 25.4 Å². The third-order valence-electron chi connectivity index (χ3n) is 5.51. The maximum Gasteiger partial charge on any atom is 0.222 e. The first-order chi connectivity index (χ1) is 13.1. The van der Waals surface area contributed by atoms with Crippen molar-refractivity contribution in [3.8, 4) is 0 Å². The molecule has 1 saturated heterocycles. The second-order valence-corrected chi connectivity index (χ2v) is 8.29. The van der Waals surface area contributed by atoms with E-state index >= 15 is 0 Å². The fourth-order valence-electron chi connectivity index (χ4n) is 3.69. The van der Waals surface area contributed by atoms with Crippen LogP contribution in [0.1, 0.15) is 104 Å². The first-order valence-corrected chi connectivity index (χ1v) is 11.6. The lowest BCUT2D eigenvalue weighted by Crippen LogP contribution is -2.38. The van der Waals surface area contributed by atoms with Crippen molar-refractivity contribution in [1.82, 2.24) is 4.90 Å². The van der Waals surface area contributed by atoms with Gasteiger partial charge in [-0.25, -0.2) is 0 Å². The van der Waals surface area contributed by atoms with E-state index in [2.05, 4.69) is 20.8 Å². The fourth-order valence-corrected chi connectivity index (χ4v) is 3.69. The maximum absolute atomic E-state index is 11.7. The largest absolute Gasteiger partial charge is 0.379 e.